The number of aliphatic hydroxyl groups is 1. The zero-order valence-corrected chi connectivity index (χ0v) is 10.6. The van der Waals surface area contributed by atoms with Crippen LogP contribution in [0.2, 0.25) is 0 Å². The van der Waals surface area contributed by atoms with Crippen molar-refractivity contribution in [1.29, 1.82) is 0 Å². The number of halogens is 3. The molecule has 1 rings (SSSR count). The number of hydrazone groups is 1. The van der Waals surface area contributed by atoms with E-state index in [0.29, 0.717) is 12.8 Å². The van der Waals surface area contributed by atoms with Crippen LogP contribution in [-0.2, 0) is 4.79 Å². The molecule has 0 saturated carbocycles. The molecule has 1 N–H and O–H groups in total. The summed E-state index contributed by atoms with van der Waals surface area (Å²) in [5.41, 5.74) is -3.00. The maximum Gasteiger partial charge on any atom is 0.438 e. The maximum absolute atomic E-state index is 12.9. The van der Waals surface area contributed by atoms with Crippen LogP contribution >= 0.6 is 0 Å². The molecule has 1 aliphatic rings. The molecule has 0 spiro atoms. The second-order valence-electron chi connectivity index (χ2n) is 4.71. The summed E-state index contributed by atoms with van der Waals surface area (Å²) in [5.74, 6) is -1.50. The van der Waals surface area contributed by atoms with Crippen molar-refractivity contribution in [1.82, 2.24) is 5.01 Å². The highest BCUT2D eigenvalue weighted by Gasteiger charge is 2.63. The van der Waals surface area contributed by atoms with Crippen LogP contribution in [-0.4, -0.2) is 33.6 Å². The summed E-state index contributed by atoms with van der Waals surface area (Å²) >= 11 is 0. The summed E-state index contributed by atoms with van der Waals surface area (Å²) in [5, 5.41) is 13.6. The Morgan fingerprint density at radius 2 is 2.11 bits per heavy atom. The van der Waals surface area contributed by atoms with Crippen LogP contribution in [0.25, 0.3) is 0 Å². The first-order chi connectivity index (χ1) is 8.13. The Balaban J connectivity index is 3.10. The third-order valence-electron chi connectivity index (χ3n) is 2.74. The van der Waals surface area contributed by atoms with Crippen LogP contribution in [0.1, 0.15) is 40.0 Å². The van der Waals surface area contributed by atoms with Crippen molar-refractivity contribution in [2.24, 2.45) is 11.0 Å². The average Bonchev–Trinajstić information content (AvgIpc) is 2.55. The van der Waals surface area contributed by atoms with Crippen molar-refractivity contribution in [2.75, 3.05) is 0 Å². The molecule has 1 heterocycles. The topological polar surface area (TPSA) is 52.9 Å². The molecule has 1 atom stereocenters. The maximum atomic E-state index is 12.9. The Morgan fingerprint density at radius 1 is 1.56 bits per heavy atom. The highest BCUT2D eigenvalue weighted by Crippen LogP contribution is 2.41. The molecular weight excluding hydrogens is 249 g/mol. The third-order valence-corrected chi connectivity index (χ3v) is 2.74. The molecule has 7 heteroatoms. The fraction of sp³-hybridized carbons (Fsp3) is 0.818. The van der Waals surface area contributed by atoms with E-state index in [-0.39, 0.29) is 10.7 Å². The van der Waals surface area contributed by atoms with Gasteiger partial charge in [-0.3, -0.25) is 4.79 Å². The van der Waals surface area contributed by atoms with Gasteiger partial charge in [0.2, 0.25) is 5.91 Å². The lowest BCUT2D eigenvalue weighted by Crippen LogP contribution is -2.57. The molecule has 0 aliphatic carbocycles. The molecule has 0 fully saturated rings. The van der Waals surface area contributed by atoms with Gasteiger partial charge in [-0.25, -0.2) is 0 Å². The molecule has 0 radical (unpaired) electrons. The summed E-state index contributed by atoms with van der Waals surface area (Å²) in [6, 6.07) is 0. The standard InChI is InChI=1S/C11H17F3N2O2/c1-4-5-8-6-10(18,11(12,13)14)16(15-8)9(17)7(2)3/h7,18H,4-6H2,1-3H3/t10-/m1/s1. The first-order valence-corrected chi connectivity index (χ1v) is 5.83. The average molecular weight is 266 g/mol. The number of hydrogen-bond donors (Lipinski definition) is 1. The Bertz CT molecular complexity index is 366. The highest BCUT2D eigenvalue weighted by atomic mass is 19.4. The zero-order chi connectivity index (χ0) is 14.1. The zero-order valence-electron chi connectivity index (χ0n) is 10.6. The van der Waals surface area contributed by atoms with E-state index >= 15 is 0 Å². The summed E-state index contributed by atoms with van der Waals surface area (Å²) in [6.07, 6.45) is -4.64. The highest BCUT2D eigenvalue weighted by molar-refractivity contribution is 5.91. The lowest BCUT2D eigenvalue weighted by molar-refractivity contribution is -0.303. The minimum absolute atomic E-state index is 0.197. The smallest absolute Gasteiger partial charge is 0.362 e. The van der Waals surface area contributed by atoms with Crippen molar-refractivity contribution in [3.8, 4) is 0 Å². The Kier molecular flexibility index (Phi) is 4.05. The van der Waals surface area contributed by atoms with Crippen LogP contribution < -0.4 is 0 Å². The normalized spacial score (nSPS) is 24.7. The predicted molar refractivity (Wildman–Crippen MR) is 59.6 cm³/mol. The molecule has 104 valence electrons. The molecule has 1 amide bonds. The van der Waals surface area contributed by atoms with Gasteiger partial charge in [-0.1, -0.05) is 27.2 Å². The van der Waals surface area contributed by atoms with Gasteiger partial charge in [0.05, 0.1) is 0 Å². The van der Waals surface area contributed by atoms with Gasteiger partial charge >= 0.3 is 6.18 Å². The summed E-state index contributed by atoms with van der Waals surface area (Å²) < 4.78 is 38.7. The molecule has 1 aliphatic heterocycles. The van der Waals surface area contributed by atoms with E-state index in [4.69, 9.17) is 0 Å². The van der Waals surface area contributed by atoms with Crippen LogP contribution in [0.4, 0.5) is 13.2 Å². The number of nitrogens with zero attached hydrogens (tertiary/aromatic N) is 2. The molecule has 18 heavy (non-hydrogen) atoms. The molecule has 0 aromatic rings. The van der Waals surface area contributed by atoms with Crippen molar-refractivity contribution in [3.63, 3.8) is 0 Å². The number of carbonyl (C=O) groups is 1. The number of hydrogen-bond acceptors (Lipinski definition) is 3. The van der Waals surface area contributed by atoms with Crippen LogP contribution in [0, 0.1) is 5.92 Å². The van der Waals surface area contributed by atoms with Crippen LogP contribution in [0.5, 0.6) is 0 Å². The number of rotatable bonds is 3. The number of alkyl halides is 3. The van der Waals surface area contributed by atoms with E-state index in [1.807, 2.05) is 0 Å². The molecule has 0 unspecified atom stereocenters. The molecule has 4 nitrogen and oxygen atoms in total. The van der Waals surface area contributed by atoms with Gasteiger partial charge in [0, 0.05) is 18.1 Å². The minimum atomic E-state index is -4.92. The summed E-state index contributed by atoms with van der Waals surface area (Å²) in [7, 11) is 0. The number of amides is 1. The lowest BCUT2D eigenvalue weighted by atomic mass is 10.0. The van der Waals surface area contributed by atoms with Crippen molar-refractivity contribution < 1.29 is 23.1 Å². The SMILES string of the molecule is CCCC1=NN(C(=O)C(C)C)[C@](O)(C(F)(F)F)C1. The van der Waals surface area contributed by atoms with Gasteiger partial charge < -0.3 is 5.11 Å². The fourth-order valence-electron chi connectivity index (χ4n) is 1.74. The largest absolute Gasteiger partial charge is 0.438 e. The van der Waals surface area contributed by atoms with Gasteiger partial charge in [-0.2, -0.15) is 23.3 Å². The van der Waals surface area contributed by atoms with Gasteiger partial charge in [0.25, 0.3) is 5.72 Å². The van der Waals surface area contributed by atoms with E-state index < -0.39 is 30.1 Å². The van der Waals surface area contributed by atoms with E-state index in [0.717, 1.165) is 0 Å². The molecule has 0 aromatic heterocycles. The van der Waals surface area contributed by atoms with Crippen LogP contribution in [0.15, 0.2) is 5.10 Å². The molecule has 0 saturated heterocycles. The molecule has 0 bridgehead atoms. The Labute approximate surface area is 103 Å². The van der Waals surface area contributed by atoms with Crippen LogP contribution in [0.3, 0.4) is 0 Å². The first kappa shape index (κ1) is 14.9. The van der Waals surface area contributed by atoms with Gasteiger partial charge in [0.1, 0.15) is 0 Å². The Morgan fingerprint density at radius 3 is 2.50 bits per heavy atom. The molecular formula is C11H17F3N2O2. The lowest BCUT2D eigenvalue weighted by Gasteiger charge is -2.33. The summed E-state index contributed by atoms with van der Waals surface area (Å²) in [4.78, 5) is 11.7. The predicted octanol–water partition coefficient (Wildman–Crippen LogP) is 2.28. The monoisotopic (exact) mass is 266 g/mol. The summed E-state index contributed by atoms with van der Waals surface area (Å²) in [6.45, 7) is 4.72. The second kappa shape index (κ2) is 4.87. The minimum Gasteiger partial charge on any atom is -0.362 e. The second-order valence-corrected chi connectivity index (χ2v) is 4.71. The Hall–Kier alpha value is -1.11. The van der Waals surface area contributed by atoms with Crippen molar-refractivity contribution >= 4 is 11.6 Å². The molecule has 0 aromatic carbocycles. The number of carbonyl (C=O) groups excluding carboxylic acids is 1. The first-order valence-electron chi connectivity index (χ1n) is 5.83. The van der Waals surface area contributed by atoms with Gasteiger partial charge in [0.15, 0.2) is 0 Å². The van der Waals surface area contributed by atoms with Crippen molar-refractivity contribution in [3.05, 3.63) is 0 Å². The fourth-order valence-corrected chi connectivity index (χ4v) is 1.74. The van der Waals surface area contributed by atoms with Gasteiger partial charge in [-0.15, -0.1) is 0 Å². The van der Waals surface area contributed by atoms with E-state index in [2.05, 4.69) is 5.10 Å². The van der Waals surface area contributed by atoms with E-state index in [1.54, 1.807) is 6.92 Å². The quantitative estimate of drug-likeness (QED) is 0.852. The van der Waals surface area contributed by atoms with Crippen molar-refractivity contribution in [2.45, 2.75) is 51.9 Å². The third kappa shape index (κ3) is 2.50. The van der Waals surface area contributed by atoms with Gasteiger partial charge in [-0.05, 0) is 6.42 Å². The van der Waals surface area contributed by atoms with E-state index in [9.17, 15) is 23.1 Å². The van der Waals surface area contributed by atoms with E-state index in [1.165, 1.54) is 13.8 Å².